The highest BCUT2D eigenvalue weighted by Gasteiger charge is 2.14. The van der Waals surface area contributed by atoms with Crippen LogP contribution in [0.3, 0.4) is 0 Å². The molecule has 104 valence electrons. The molecule has 5 heteroatoms. The second kappa shape index (κ2) is 5.69. The van der Waals surface area contributed by atoms with Crippen LogP contribution < -0.4 is 5.32 Å². The summed E-state index contributed by atoms with van der Waals surface area (Å²) in [6.45, 7) is 4.15. The minimum atomic E-state index is -0.502. The third-order valence-electron chi connectivity index (χ3n) is 3.09. The van der Waals surface area contributed by atoms with Crippen molar-refractivity contribution in [2.45, 2.75) is 20.4 Å². The molecule has 0 fully saturated rings. The summed E-state index contributed by atoms with van der Waals surface area (Å²) in [6.07, 6.45) is 0. The highest BCUT2D eigenvalue weighted by Crippen LogP contribution is 2.22. The Morgan fingerprint density at radius 2 is 1.95 bits per heavy atom. The Morgan fingerprint density at radius 3 is 2.60 bits per heavy atom. The van der Waals surface area contributed by atoms with E-state index in [-0.39, 0.29) is 12.2 Å². The van der Waals surface area contributed by atoms with E-state index in [1.807, 2.05) is 32.0 Å². The molecule has 0 bridgehead atoms. The number of halogens is 1. The Bertz CT molecular complexity index is 656. The van der Waals surface area contributed by atoms with Gasteiger partial charge in [-0.3, -0.25) is 10.1 Å². The topological polar surface area (TPSA) is 55.2 Å². The van der Waals surface area contributed by atoms with Crippen molar-refractivity contribution < 1.29 is 9.31 Å². The van der Waals surface area contributed by atoms with Crippen molar-refractivity contribution in [3.8, 4) is 0 Å². The number of nitrogens with zero attached hydrogens (tertiary/aromatic N) is 1. The largest absolute Gasteiger partial charge is 0.380 e. The smallest absolute Gasteiger partial charge is 0.274 e. The van der Waals surface area contributed by atoms with Gasteiger partial charge in [0.1, 0.15) is 5.82 Å². The number of hydrogen-bond acceptors (Lipinski definition) is 3. The third kappa shape index (κ3) is 3.12. The molecular weight excluding hydrogens is 259 g/mol. The molecule has 0 aliphatic rings. The normalized spacial score (nSPS) is 10.3. The lowest BCUT2D eigenvalue weighted by Gasteiger charge is -2.10. The molecule has 0 atom stereocenters. The molecule has 0 aliphatic carbocycles. The number of rotatable bonds is 4. The van der Waals surface area contributed by atoms with Crippen molar-refractivity contribution in [2.75, 3.05) is 5.32 Å². The van der Waals surface area contributed by atoms with Crippen LogP contribution in [0.4, 0.5) is 15.8 Å². The zero-order valence-corrected chi connectivity index (χ0v) is 11.3. The van der Waals surface area contributed by atoms with Crippen molar-refractivity contribution in [1.82, 2.24) is 0 Å². The van der Waals surface area contributed by atoms with Gasteiger partial charge in [0.05, 0.1) is 10.5 Å². The molecule has 20 heavy (non-hydrogen) atoms. The van der Waals surface area contributed by atoms with Gasteiger partial charge in [-0.15, -0.1) is 0 Å². The zero-order chi connectivity index (χ0) is 14.7. The van der Waals surface area contributed by atoms with E-state index >= 15 is 0 Å². The second-order valence-electron chi connectivity index (χ2n) is 4.70. The molecule has 0 unspecified atom stereocenters. The summed E-state index contributed by atoms with van der Waals surface area (Å²) < 4.78 is 13.2. The van der Waals surface area contributed by atoms with Gasteiger partial charge in [0, 0.05) is 18.3 Å². The standard InChI is InChI=1S/C15H15FN2O2/c1-10-3-5-14(11(2)7-10)17-9-12-8-13(16)4-6-15(12)18(19)20/h3-8,17H,9H2,1-2H3. The first-order valence-corrected chi connectivity index (χ1v) is 6.21. The molecule has 0 saturated heterocycles. The molecule has 0 aliphatic heterocycles. The summed E-state index contributed by atoms with van der Waals surface area (Å²) in [7, 11) is 0. The predicted octanol–water partition coefficient (Wildman–Crippen LogP) is 3.96. The second-order valence-corrected chi connectivity index (χ2v) is 4.70. The minimum Gasteiger partial charge on any atom is -0.380 e. The average molecular weight is 274 g/mol. The number of hydrogen-bond donors (Lipinski definition) is 1. The van der Waals surface area contributed by atoms with Gasteiger partial charge in [-0.05, 0) is 37.6 Å². The summed E-state index contributed by atoms with van der Waals surface area (Å²) >= 11 is 0. The van der Waals surface area contributed by atoms with Gasteiger partial charge in [-0.1, -0.05) is 17.7 Å². The van der Waals surface area contributed by atoms with E-state index in [1.54, 1.807) is 0 Å². The third-order valence-corrected chi connectivity index (χ3v) is 3.09. The maximum atomic E-state index is 13.2. The predicted molar refractivity (Wildman–Crippen MR) is 76.3 cm³/mol. The van der Waals surface area contributed by atoms with E-state index in [0.29, 0.717) is 5.56 Å². The minimum absolute atomic E-state index is 0.0799. The van der Waals surface area contributed by atoms with Gasteiger partial charge >= 0.3 is 0 Å². The number of nitro groups is 1. The van der Waals surface area contributed by atoms with Crippen LogP contribution in [0, 0.1) is 29.8 Å². The SMILES string of the molecule is Cc1ccc(NCc2cc(F)ccc2[N+](=O)[O-])c(C)c1. The van der Waals surface area contributed by atoms with E-state index in [1.165, 1.54) is 12.1 Å². The van der Waals surface area contributed by atoms with E-state index in [2.05, 4.69) is 5.32 Å². The van der Waals surface area contributed by atoms with Crippen LogP contribution in [-0.2, 0) is 6.54 Å². The Hall–Kier alpha value is -2.43. The van der Waals surface area contributed by atoms with Crippen molar-refractivity contribution in [3.63, 3.8) is 0 Å². The summed E-state index contributed by atoms with van der Waals surface area (Å²) in [5.74, 6) is -0.479. The van der Waals surface area contributed by atoms with E-state index < -0.39 is 10.7 Å². The summed E-state index contributed by atoms with van der Waals surface area (Å²) in [5, 5.41) is 14.0. The van der Waals surface area contributed by atoms with Gasteiger partial charge in [-0.2, -0.15) is 0 Å². The van der Waals surface area contributed by atoms with Crippen LogP contribution in [0.5, 0.6) is 0 Å². The average Bonchev–Trinajstić information content (AvgIpc) is 2.37. The van der Waals surface area contributed by atoms with Crippen LogP contribution >= 0.6 is 0 Å². The summed E-state index contributed by atoms with van der Waals surface area (Å²) in [6, 6.07) is 9.36. The molecular formula is C15H15FN2O2. The molecule has 0 radical (unpaired) electrons. The molecule has 2 aromatic carbocycles. The zero-order valence-electron chi connectivity index (χ0n) is 11.3. The van der Waals surface area contributed by atoms with Gasteiger partial charge < -0.3 is 5.32 Å². The van der Waals surface area contributed by atoms with Crippen LogP contribution in [0.15, 0.2) is 36.4 Å². The van der Waals surface area contributed by atoms with E-state index in [4.69, 9.17) is 0 Å². The maximum Gasteiger partial charge on any atom is 0.274 e. The lowest BCUT2D eigenvalue weighted by molar-refractivity contribution is -0.385. The van der Waals surface area contributed by atoms with Gasteiger partial charge in [0.15, 0.2) is 0 Å². The first-order valence-electron chi connectivity index (χ1n) is 6.21. The highest BCUT2D eigenvalue weighted by molar-refractivity contribution is 5.53. The monoisotopic (exact) mass is 274 g/mol. The molecule has 2 aromatic rings. The molecule has 0 amide bonds. The summed E-state index contributed by atoms with van der Waals surface area (Å²) in [5.41, 5.74) is 3.32. The number of benzene rings is 2. The van der Waals surface area contributed by atoms with Crippen LogP contribution in [0.2, 0.25) is 0 Å². The quantitative estimate of drug-likeness (QED) is 0.678. The van der Waals surface area contributed by atoms with Crippen molar-refractivity contribution in [2.24, 2.45) is 0 Å². The van der Waals surface area contributed by atoms with Crippen LogP contribution in [0.25, 0.3) is 0 Å². The molecule has 2 rings (SSSR count). The Morgan fingerprint density at radius 1 is 1.20 bits per heavy atom. The van der Waals surface area contributed by atoms with Crippen molar-refractivity contribution in [1.29, 1.82) is 0 Å². The number of anilines is 1. The molecule has 0 spiro atoms. The fraction of sp³-hybridized carbons (Fsp3) is 0.200. The van der Waals surface area contributed by atoms with Crippen molar-refractivity contribution in [3.05, 3.63) is 69.0 Å². The number of nitrogens with one attached hydrogen (secondary N) is 1. The fourth-order valence-electron chi connectivity index (χ4n) is 2.08. The molecule has 0 saturated carbocycles. The number of aryl methyl sites for hydroxylation is 2. The maximum absolute atomic E-state index is 13.2. The first-order chi connectivity index (χ1) is 9.47. The van der Waals surface area contributed by atoms with E-state index in [0.717, 1.165) is 22.9 Å². The lowest BCUT2D eigenvalue weighted by Crippen LogP contribution is -2.04. The Balaban J connectivity index is 2.22. The molecule has 1 N–H and O–H groups in total. The highest BCUT2D eigenvalue weighted by atomic mass is 19.1. The van der Waals surface area contributed by atoms with Crippen LogP contribution in [0.1, 0.15) is 16.7 Å². The van der Waals surface area contributed by atoms with Crippen LogP contribution in [-0.4, -0.2) is 4.92 Å². The fourth-order valence-corrected chi connectivity index (χ4v) is 2.08. The Labute approximate surface area is 116 Å². The lowest BCUT2D eigenvalue weighted by atomic mass is 10.1. The van der Waals surface area contributed by atoms with Gasteiger partial charge in [-0.25, -0.2) is 4.39 Å². The van der Waals surface area contributed by atoms with E-state index in [9.17, 15) is 14.5 Å². The summed E-state index contributed by atoms with van der Waals surface area (Å²) in [4.78, 5) is 10.4. The van der Waals surface area contributed by atoms with Gasteiger partial charge in [0.2, 0.25) is 0 Å². The van der Waals surface area contributed by atoms with Crippen molar-refractivity contribution >= 4 is 11.4 Å². The Kier molecular flexibility index (Phi) is 3.98. The van der Waals surface area contributed by atoms with Gasteiger partial charge in [0.25, 0.3) is 5.69 Å². The number of nitro benzene ring substituents is 1. The first kappa shape index (κ1) is 14.0. The molecule has 0 heterocycles. The molecule has 0 aromatic heterocycles. The molecule has 4 nitrogen and oxygen atoms in total.